The molecule has 0 aliphatic rings. The Morgan fingerprint density at radius 3 is 2.70 bits per heavy atom. The second-order valence-corrected chi connectivity index (χ2v) is 6.10. The number of aromatic nitrogens is 2. The van der Waals surface area contributed by atoms with E-state index in [1.807, 2.05) is 0 Å². The first kappa shape index (κ1) is 18.3. The van der Waals surface area contributed by atoms with Crippen molar-refractivity contribution in [3.63, 3.8) is 0 Å². The Morgan fingerprint density at radius 1 is 1.33 bits per heavy atom. The van der Waals surface area contributed by atoms with Crippen LogP contribution >= 0.6 is 11.6 Å². The topological polar surface area (TPSA) is 127 Å². The molecule has 0 aliphatic carbocycles. The predicted octanol–water partition coefficient (Wildman–Crippen LogP) is 3.28. The summed E-state index contributed by atoms with van der Waals surface area (Å²) in [6.07, 6.45) is -1.30. The van der Waals surface area contributed by atoms with Crippen molar-refractivity contribution in [2.75, 3.05) is 0 Å². The van der Waals surface area contributed by atoms with Crippen LogP contribution in [0.1, 0.15) is 18.8 Å². The molecule has 0 spiro atoms. The molecule has 0 bridgehead atoms. The number of fused-ring (bicyclic) bond motifs is 1. The van der Waals surface area contributed by atoms with E-state index in [-0.39, 0.29) is 27.6 Å². The molecule has 138 valence electrons. The Morgan fingerprint density at radius 2 is 2.04 bits per heavy atom. The van der Waals surface area contributed by atoms with Crippen LogP contribution in [0.15, 0.2) is 47.3 Å². The molecule has 2 aromatic carbocycles. The summed E-state index contributed by atoms with van der Waals surface area (Å²) in [7, 11) is 0. The van der Waals surface area contributed by atoms with Gasteiger partial charge in [-0.1, -0.05) is 23.7 Å². The second kappa shape index (κ2) is 7.04. The lowest BCUT2D eigenvalue weighted by atomic mass is 10.2. The lowest BCUT2D eigenvalue weighted by Gasteiger charge is -2.18. The van der Waals surface area contributed by atoms with E-state index in [1.165, 1.54) is 37.3 Å². The van der Waals surface area contributed by atoms with E-state index in [4.69, 9.17) is 16.7 Å². The number of hydrogen-bond acceptors (Lipinski definition) is 5. The Bertz CT molecular complexity index is 1130. The number of benzene rings is 2. The van der Waals surface area contributed by atoms with Crippen LogP contribution in [0.3, 0.4) is 0 Å². The molecule has 3 rings (SSSR count). The van der Waals surface area contributed by atoms with Crippen molar-refractivity contribution in [2.24, 2.45) is 0 Å². The molecule has 1 atom stereocenters. The molecule has 0 radical (unpaired) electrons. The van der Waals surface area contributed by atoms with Crippen LogP contribution in [0.2, 0.25) is 5.02 Å². The summed E-state index contributed by atoms with van der Waals surface area (Å²) < 4.78 is 1.13. The number of hydrogen-bond donors (Lipinski definition) is 2. The predicted molar refractivity (Wildman–Crippen MR) is 98.6 cm³/mol. The van der Waals surface area contributed by atoms with Crippen LogP contribution in [-0.4, -0.2) is 25.7 Å². The second-order valence-electron chi connectivity index (χ2n) is 5.69. The Balaban J connectivity index is 2.37. The summed E-state index contributed by atoms with van der Waals surface area (Å²) in [6.45, 7) is 1.51. The van der Waals surface area contributed by atoms with Gasteiger partial charge in [0, 0.05) is 12.1 Å². The third-order valence-corrected chi connectivity index (χ3v) is 4.21. The van der Waals surface area contributed by atoms with Gasteiger partial charge in [-0.15, -0.1) is 0 Å². The lowest BCUT2D eigenvalue weighted by Crippen LogP contribution is -2.32. The van der Waals surface area contributed by atoms with E-state index in [9.17, 15) is 19.7 Å². The lowest BCUT2D eigenvalue weighted by molar-refractivity contribution is -0.384. The maximum absolute atomic E-state index is 13.1. The summed E-state index contributed by atoms with van der Waals surface area (Å²) in [4.78, 5) is 39.1. The van der Waals surface area contributed by atoms with E-state index in [2.05, 4.69) is 10.3 Å². The Kier molecular flexibility index (Phi) is 4.78. The molecule has 9 nitrogen and oxygen atoms in total. The van der Waals surface area contributed by atoms with Gasteiger partial charge in [0.15, 0.2) is 0 Å². The molecule has 1 aromatic heterocycles. The molecule has 0 saturated heterocycles. The molecule has 0 aliphatic heterocycles. The molecular weight excluding hydrogens is 376 g/mol. The summed E-state index contributed by atoms with van der Waals surface area (Å²) in [5, 5.41) is 22.7. The van der Waals surface area contributed by atoms with Crippen LogP contribution in [0.5, 0.6) is 0 Å². The van der Waals surface area contributed by atoms with Crippen molar-refractivity contribution in [2.45, 2.75) is 13.0 Å². The number of nitro benzene ring substituents is 1. The number of carboxylic acid groups (broad SMARTS) is 1. The molecule has 0 fully saturated rings. The third-order valence-electron chi connectivity index (χ3n) is 3.90. The normalized spacial score (nSPS) is 11.9. The van der Waals surface area contributed by atoms with Gasteiger partial charge in [0.25, 0.3) is 11.2 Å². The monoisotopic (exact) mass is 388 g/mol. The van der Waals surface area contributed by atoms with Crippen molar-refractivity contribution in [1.82, 2.24) is 14.9 Å². The van der Waals surface area contributed by atoms with Crippen LogP contribution in [0.25, 0.3) is 16.6 Å². The van der Waals surface area contributed by atoms with Crippen LogP contribution in [0.4, 0.5) is 10.5 Å². The first-order chi connectivity index (χ1) is 12.8. The number of nitro groups is 1. The first-order valence-electron chi connectivity index (χ1n) is 7.75. The summed E-state index contributed by atoms with van der Waals surface area (Å²) in [5.74, 6) is 0.0812. The van der Waals surface area contributed by atoms with Gasteiger partial charge in [0.2, 0.25) is 0 Å². The van der Waals surface area contributed by atoms with Crippen LogP contribution < -0.4 is 10.9 Å². The first-order valence-corrected chi connectivity index (χ1v) is 8.13. The van der Waals surface area contributed by atoms with Gasteiger partial charge in [-0.2, -0.15) is 0 Å². The van der Waals surface area contributed by atoms with Crippen molar-refractivity contribution in [3.05, 3.63) is 73.8 Å². The number of carbonyl (C=O) groups is 1. The van der Waals surface area contributed by atoms with Gasteiger partial charge in [-0.05, 0) is 25.1 Å². The summed E-state index contributed by atoms with van der Waals surface area (Å²) in [6, 6.07) is 9.29. The van der Waals surface area contributed by atoms with Crippen molar-refractivity contribution >= 4 is 34.3 Å². The van der Waals surface area contributed by atoms with E-state index in [0.717, 1.165) is 4.57 Å². The zero-order valence-corrected chi connectivity index (χ0v) is 14.7. The molecular formula is C17H13ClN4O5. The smallest absolute Gasteiger partial charge is 0.405 e. The number of nitrogens with one attached hydrogen (secondary N) is 1. The Labute approximate surface area is 157 Å². The number of halogens is 1. The maximum Gasteiger partial charge on any atom is 0.405 e. The van der Waals surface area contributed by atoms with E-state index in [0.29, 0.717) is 5.52 Å². The van der Waals surface area contributed by atoms with Crippen LogP contribution in [-0.2, 0) is 0 Å². The number of non-ortho nitro benzene ring substituents is 1. The van der Waals surface area contributed by atoms with E-state index in [1.54, 1.807) is 12.1 Å². The zero-order chi connectivity index (χ0) is 19.7. The van der Waals surface area contributed by atoms with Crippen molar-refractivity contribution in [3.8, 4) is 5.69 Å². The highest BCUT2D eigenvalue weighted by molar-refractivity contribution is 6.35. The average molecular weight is 389 g/mol. The molecule has 1 amide bonds. The minimum atomic E-state index is -1.30. The summed E-state index contributed by atoms with van der Waals surface area (Å²) >= 11 is 6.15. The maximum atomic E-state index is 13.1. The van der Waals surface area contributed by atoms with Gasteiger partial charge in [-0.3, -0.25) is 19.5 Å². The van der Waals surface area contributed by atoms with Gasteiger partial charge in [-0.25, -0.2) is 9.78 Å². The highest BCUT2D eigenvalue weighted by atomic mass is 35.5. The highest BCUT2D eigenvalue weighted by Crippen LogP contribution is 2.24. The van der Waals surface area contributed by atoms with Crippen molar-refractivity contribution < 1.29 is 14.8 Å². The fourth-order valence-corrected chi connectivity index (χ4v) is 2.99. The molecule has 1 heterocycles. The van der Waals surface area contributed by atoms with E-state index >= 15 is 0 Å². The quantitative estimate of drug-likeness (QED) is 0.521. The average Bonchev–Trinajstić information content (AvgIpc) is 2.60. The molecule has 27 heavy (non-hydrogen) atoms. The largest absolute Gasteiger partial charge is 0.465 e. The van der Waals surface area contributed by atoms with Gasteiger partial charge < -0.3 is 10.4 Å². The van der Waals surface area contributed by atoms with Gasteiger partial charge in [0.05, 0.1) is 32.6 Å². The van der Waals surface area contributed by atoms with Gasteiger partial charge >= 0.3 is 6.09 Å². The standard InChI is InChI=1S/C17H13ClN4O5/c1-9(19-17(24)25)15-20-13-7-3-6-12(18)14(13)16(23)21(15)10-4-2-5-11(8-10)22(26)27/h2-9,19H,1H3,(H,24,25). The Hall–Kier alpha value is -3.46. The zero-order valence-electron chi connectivity index (χ0n) is 13.9. The number of amides is 1. The third kappa shape index (κ3) is 3.44. The fourth-order valence-electron chi connectivity index (χ4n) is 2.74. The molecule has 10 heteroatoms. The summed E-state index contributed by atoms with van der Waals surface area (Å²) in [5.41, 5.74) is -0.302. The minimum absolute atomic E-state index is 0.0812. The van der Waals surface area contributed by atoms with Crippen LogP contribution in [0, 0.1) is 10.1 Å². The van der Waals surface area contributed by atoms with Gasteiger partial charge in [0.1, 0.15) is 5.82 Å². The van der Waals surface area contributed by atoms with Crippen molar-refractivity contribution in [1.29, 1.82) is 0 Å². The van der Waals surface area contributed by atoms with E-state index < -0.39 is 22.6 Å². The minimum Gasteiger partial charge on any atom is -0.465 e. The molecule has 0 saturated carbocycles. The highest BCUT2D eigenvalue weighted by Gasteiger charge is 2.21. The molecule has 3 aromatic rings. The SMILES string of the molecule is CC(NC(=O)O)c1nc2cccc(Cl)c2c(=O)n1-c1cccc([N+](=O)[O-])c1. The number of rotatable bonds is 4. The molecule has 1 unspecified atom stereocenters. The molecule has 2 N–H and O–H groups in total. The fraction of sp³-hybridized carbons (Fsp3) is 0.118. The number of nitrogens with zero attached hydrogens (tertiary/aromatic N) is 3.